The van der Waals surface area contributed by atoms with Crippen molar-refractivity contribution in [1.82, 2.24) is 4.98 Å². The van der Waals surface area contributed by atoms with Crippen LogP contribution in [0.2, 0.25) is 0 Å². The quantitative estimate of drug-likeness (QED) is 0.712. The Labute approximate surface area is 94.4 Å². The van der Waals surface area contributed by atoms with Crippen LogP contribution in [0.25, 0.3) is 16.8 Å². The Balaban J connectivity index is 2.42. The zero-order chi connectivity index (χ0) is 10.5. The van der Waals surface area contributed by atoms with Gasteiger partial charge in [-0.3, -0.25) is 4.98 Å². The van der Waals surface area contributed by atoms with Gasteiger partial charge in [0.15, 0.2) is 0 Å². The number of hydrogen-bond acceptors (Lipinski definition) is 1. The van der Waals surface area contributed by atoms with Crippen LogP contribution in [0.1, 0.15) is 12.0 Å². The van der Waals surface area contributed by atoms with Crippen LogP contribution in [0.15, 0.2) is 42.7 Å². The molecule has 1 aromatic carbocycles. The summed E-state index contributed by atoms with van der Waals surface area (Å²) in [5, 5.41) is 2.41. The van der Waals surface area contributed by atoms with Crippen molar-refractivity contribution in [3.05, 3.63) is 48.3 Å². The molecule has 2 rings (SSSR count). The Hall–Kier alpha value is -1.34. The molecule has 0 saturated carbocycles. The standard InChI is InChI=1S/C13H12ClN/c14-8-2-1-4-11-5-3-6-12-7-9-15-10-13(11)12/h1,3-7,9-10H,2,8H2/b4-1+. The molecule has 0 atom stereocenters. The number of hydrogen-bond donors (Lipinski definition) is 0. The van der Waals surface area contributed by atoms with Gasteiger partial charge in [-0.15, -0.1) is 11.6 Å². The molecule has 0 radical (unpaired) electrons. The molecule has 0 fully saturated rings. The molecule has 0 spiro atoms. The predicted molar refractivity (Wildman–Crippen MR) is 66.1 cm³/mol. The molecule has 0 N–H and O–H groups in total. The average molecular weight is 218 g/mol. The van der Waals surface area contributed by atoms with E-state index in [0.717, 1.165) is 6.42 Å². The molecule has 0 aliphatic heterocycles. The zero-order valence-electron chi connectivity index (χ0n) is 8.36. The first-order valence-electron chi connectivity index (χ1n) is 4.97. The van der Waals surface area contributed by atoms with Crippen LogP contribution >= 0.6 is 11.6 Å². The van der Waals surface area contributed by atoms with Gasteiger partial charge in [0.05, 0.1) is 0 Å². The Morgan fingerprint density at radius 1 is 1.27 bits per heavy atom. The number of nitrogens with zero attached hydrogens (tertiary/aromatic N) is 1. The van der Waals surface area contributed by atoms with Gasteiger partial charge in [-0.2, -0.15) is 0 Å². The fourth-order valence-electron chi connectivity index (χ4n) is 1.56. The molecule has 1 aromatic heterocycles. The summed E-state index contributed by atoms with van der Waals surface area (Å²) < 4.78 is 0. The van der Waals surface area contributed by atoms with Crippen LogP contribution < -0.4 is 0 Å². The van der Waals surface area contributed by atoms with E-state index in [-0.39, 0.29) is 0 Å². The molecule has 2 aromatic rings. The summed E-state index contributed by atoms with van der Waals surface area (Å²) in [6.45, 7) is 0. The van der Waals surface area contributed by atoms with Gasteiger partial charge in [-0.05, 0) is 23.4 Å². The minimum Gasteiger partial charge on any atom is -0.264 e. The highest BCUT2D eigenvalue weighted by Gasteiger charge is 1.95. The number of halogens is 1. The van der Waals surface area contributed by atoms with Crippen LogP contribution in [0.5, 0.6) is 0 Å². The maximum Gasteiger partial charge on any atom is 0.0352 e. The third kappa shape index (κ3) is 2.37. The Morgan fingerprint density at radius 2 is 2.20 bits per heavy atom. The summed E-state index contributed by atoms with van der Waals surface area (Å²) in [4.78, 5) is 4.14. The van der Waals surface area contributed by atoms with Crippen molar-refractivity contribution < 1.29 is 0 Å². The minimum atomic E-state index is 0.666. The van der Waals surface area contributed by atoms with E-state index in [1.54, 1.807) is 0 Å². The van der Waals surface area contributed by atoms with Crippen molar-refractivity contribution in [3.63, 3.8) is 0 Å². The van der Waals surface area contributed by atoms with E-state index in [9.17, 15) is 0 Å². The first-order valence-corrected chi connectivity index (χ1v) is 5.50. The van der Waals surface area contributed by atoms with E-state index in [4.69, 9.17) is 11.6 Å². The molecule has 15 heavy (non-hydrogen) atoms. The van der Waals surface area contributed by atoms with Crippen LogP contribution in [0.3, 0.4) is 0 Å². The summed E-state index contributed by atoms with van der Waals surface area (Å²) in [7, 11) is 0. The van der Waals surface area contributed by atoms with Crippen molar-refractivity contribution in [2.45, 2.75) is 6.42 Å². The van der Waals surface area contributed by atoms with Crippen molar-refractivity contribution >= 4 is 28.4 Å². The highest BCUT2D eigenvalue weighted by molar-refractivity contribution is 6.17. The van der Waals surface area contributed by atoms with Crippen LogP contribution in [0.4, 0.5) is 0 Å². The lowest BCUT2D eigenvalue weighted by Gasteiger charge is -2.00. The third-order valence-corrected chi connectivity index (χ3v) is 2.51. The second kappa shape index (κ2) is 4.94. The van der Waals surface area contributed by atoms with E-state index in [2.05, 4.69) is 35.3 Å². The summed E-state index contributed by atoms with van der Waals surface area (Å²) >= 11 is 5.62. The van der Waals surface area contributed by atoms with E-state index < -0.39 is 0 Å². The SMILES string of the molecule is ClCC/C=C/c1cccc2ccncc12. The van der Waals surface area contributed by atoms with E-state index in [1.165, 1.54) is 16.3 Å². The molecule has 0 bridgehead atoms. The summed E-state index contributed by atoms with van der Waals surface area (Å²) in [5.74, 6) is 0.666. The molecular formula is C13H12ClN. The topological polar surface area (TPSA) is 12.9 Å². The predicted octanol–water partition coefficient (Wildman–Crippen LogP) is 3.88. The lowest BCUT2D eigenvalue weighted by atomic mass is 10.1. The van der Waals surface area contributed by atoms with Crippen molar-refractivity contribution in [3.8, 4) is 0 Å². The zero-order valence-corrected chi connectivity index (χ0v) is 9.11. The largest absolute Gasteiger partial charge is 0.264 e. The van der Waals surface area contributed by atoms with Gasteiger partial charge >= 0.3 is 0 Å². The normalized spacial score (nSPS) is 11.3. The molecule has 0 saturated heterocycles. The highest BCUT2D eigenvalue weighted by Crippen LogP contribution is 2.18. The second-order valence-electron chi connectivity index (χ2n) is 3.32. The second-order valence-corrected chi connectivity index (χ2v) is 3.70. The lowest BCUT2D eigenvalue weighted by molar-refractivity contribution is 1.24. The monoisotopic (exact) mass is 217 g/mol. The third-order valence-electron chi connectivity index (χ3n) is 2.29. The van der Waals surface area contributed by atoms with Crippen molar-refractivity contribution in [2.24, 2.45) is 0 Å². The molecule has 76 valence electrons. The number of rotatable bonds is 3. The first-order chi connectivity index (χ1) is 7.42. The fraction of sp³-hybridized carbons (Fsp3) is 0.154. The summed E-state index contributed by atoms with van der Waals surface area (Å²) in [6.07, 6.45) is 8.81. The van der Waals surface area contributed by atoms with E-state index >= 15 is 0 Å². The van der Waals surface area contributed by atoms with Gasteiger partial charge in [0.2, 0.25) is 0 Å². The number of alkyl halides is 1. The van der Waals surface area contributed by atoms with E-state index in [1.807, 2.05) is 18.5 Å². The molecular weight excluding hydrogens is 206 g/mol. The van der Waals surface area contributed by atoms with Crippen LogP contribution in [-0.4, -0.2) is 10.9 Å². The van der Waals surface area contributed by atoms with E-state index in [0.29, 0.717) is 5.88 Å². The maximum atomic E-state index is 5.62. The van der Waals surface area contributed by atoms with Gasteiger partial charge in [-0.25, -0.2) is 0 Å². The van der Waals surface area contributed by atoms with Crippen molar-refractivity contribution in [1.29, 1.82) is 0 Å². The van der Waals surface area contributed by atoms with Gasteiger partial charge < -0.3 is 0 Å². The smallest absolute Gasteiger partial charge is 0.0352 e. The molecule has 1 heterocycles. The molecule has 0 aliphatic rings. The fourth-order valence-corrected chi connectivity index (χ4v) is 1.68. The highest BCUT2D eigenvalue weighted by atomic mass is 35.5. The number of pyridine rings is 1. The number of allylic oxidation sites excluding steroid dienone is 1. The molecule has 2 heteroatoms. The molecule has 0 amide bonds. The minimum absolute atomic E-state index is 0.666. The Kier molecular flexibility index (Phi) is 3.36. The van der Waals surface area contributed by atoms with Crippen molar-refractivity contribution in [2.75, 3.05) is 5.88 Å². The van der Waals surface area contributed by atoms with Crippen LogP contribution in [-0.2, 0) is 0 Å². The van der Waals surface area contributed by atoms with Gasteiger partial charge in [0, 0.05) is 23.7 Å². The number of fused-ring (bicyclic) bond motifs is 1. The van der Waals surface area contributed by atoms with Gasteiger partial charge in [0.25, 0.3) is 0 Å². The molecule has 0 unspecified atom stereocenters. The summed E-state index contributed by atoms with van der Waals surface area (Å²) in [5.41, 5.74) is 1.20. The summed E-state index contributed by atoms with van der Waals surface area (Å²) in [6, 6.07) is 8.27. The Morgan fingerprint density at radius 3 is 3.07 bits per heavy atom. The van der Waals surface area contributed by atoms with Crippen LogP contribution in [0, 0.1) is 0 Å². The maximum absolute atomic E-state index is 5.62. The average Bonchev–Trinajstić information content (AvgIpc) is 2.30. The first kappa shape index (κ1) is 10.2. The van der Waals surface area contributed by atoms with Gasteiger partial charge in [0.1, 0.15) is 0 Å². The molecule has 1 nitrogen and oxygen atoms in total. The molecule has 0 aliphatic carbocycles. The Bertz CT molecular complexity index is 471. The lowest BCUT2D eigenvalue weighted by Crippen LogP contribution is -1.79. The number of benzene rings is 1. The van der Waals surface area contributed by atoms with Gasteiger partial charge in [-0.1, -0.05) is 30.4 Å². The number of aromatic nitrogens is 1.